The number of para-hydroxylation sites is 1. The number of thioether (sulfide) groups is 2. The van der Waals surface area contributed by atoms with E-state index in [9.17, 15) is 9.59 Å². The first-order valence-electron chi connectivity index (χ1n) is 8.76. The number of rotatable bonds is 5. The minimum absolute atomic E-state index is 0.0879. The lowest BCUT2D eigenvalue weighted by atomic mass is 9.97. The fourth-order valence-corrected chi connectivity index (χ4v) is 5.81. The molecule has 0 unspecified atom stereocenters. The molecule has 8 heteroatoms. The lowest BCUT2D eigenvalue weighted by Gasteiger charge is -2.09. The lowest BCUT2D eigenvalue weighted by molar-refractivity contribution is -0.113. The van der Waals surface area contributed by atoms with E-state index < -0.39 is 0 Å². The third-order valence-electron chi connectivity index (χ3n) is 4.52. The number of thiophene rings is 1. The van der Waals surface area contributed by atoms with Gasteiger partial charge in [0.15, 0.2) is 5.16 Å². The van der Waals surface area contributed by atoms with Gasteiger partial charge in [0.25, 0.3) is 5.56 Å². The van der Waals surface area contributed by atoms with Crippen molar-refractivity contribution in [2.24, 2.45) is 0 Å². The topological polar surface area (TPSA) is 74.8 Å². The van der Waals surface area contributed by atoms with Gasteiger partial charge in [0.1, 0.15) is 4.83 Å². The van der Waals surface area contributed by atoms with Gasteiger partial charge < -0.3 is 10.3 Å². The largest absolute Gasteiger partial charge is 0.324 e. The molecule has 0 saturated heterocycles. The first-order chi connectivity index (χ1) is 13.2. The van der Waals surface area contributed by atoms with Crippen LogP contribution in [-0.4, -0.2) is 27.9 Å². The third-order valence-corrected chi connectivity index (χ3v) is 7.38. The van der Waals surface area contributed by atoms with Gasteiger partial charge in [0.05, 0.1) is 16.8 Å². The van der Waals surface area contributed by atoms with Crippen molar-refractivity contribution in [3.8, 4) is 0 Å². The Morgan fingerprint density at radius 2 is 2.11 bits per heavy atom. The van der Waals surface area contributed by atoms with Crippen molar-refractivity contribution in [2.75, 3.05) is 17.3 Å². The maximum absolute atomic E-state index is 12.5. The number of anilines is 1. The summed E-state index contributed by atoms with van der Waals surface area (Å²) in [6.45, 7) is 0. The molecule has 1 amide bonds. The second-order valence-corrected chi connectivity index (χ2v) is 9.20. The smallest absolute Gasteiger partial charge is 0.260 e. The van der Waals surface area contributed by atoms with Gasteiger partial charge in [0, 0.05) is 9.77 Å². The summed E-state index contributed by atoms with van der Waals surface area (Å²) in [7, 11) is 0. The van der Waals surface area contributed by atoms with Gasteiger partial charge in [-0.15, -0.1) is 23.1 Å². The van der Waals surface area contributed by atoms with E-state index in [1.165, 1.54) is 28.6 Å². The van der Waals surface area contributed by atoms with Crippen LogP contribution in [0.2, 0.25) is 0 Å². The number of benzene rings is 1. The monoisotopic (exact) mass is 417 g/mol. The van der Waals surface area contributed by atoms with Crippen LogP contribution in [0.25, 0.3) is 10.2 Å². The van der Waals surface area contributed by atoms with Gasteiger partial charge in [-0.3, -0.25) is 9.59 Å². The Kier molecular flexibility index (Phi) is 5.56. The van der Waals surface area contributed by atoms with Crippen LogP contribution in [0.4, 0.5) is 5.69 Å². The van der Waals surface area contributed by atoms with E-state index in [1.807, 2.05) is 30.5 Å². The van der Waals surface area contributed by atoms with Crippen molar-refractivity contribution in [1.29, 1.82) is 0 Å². The van der Waals surface area contributed by atoms with Gasteiger partial charge in [0.2, 0.25) is 5.91 Å². The van der Waals surface area contributed by atoms with Crippen LogP contribution in [0.5, 0.6) is 0 Å². The Hall–Kier alpha value is -1.77. The van der Waals surface area contributed by atoms with E-state index in [2.05, 4.69) is 15.3 Å². The number of nitrogens with one attached hydrogen (secondary N) is 2. The Labute approximate surface area is 169 Å². The molecule has 2 N–H and O–H groups in total. The number of hydrogen-bond acceptors (Lipinski definition) is 6. The summed E-state index contributed by atoms with van der Waals surface area (Å²) in [5, 5.41) is 4.17. The zero-order chi connectivity index (χ0) is 18.8. The Bertz CT molecular complexity index is 1060. The molecule has 4 rings (SSSR count). The summed E-state index contributed by atoms with van der Waals surface area (Å²) in [5.41, 5.74) is 1.89. The van der Waals surface area contributed by atoms with E-state index in [-0.39, 0.29) is 17.2 Å². The highest BCUT2D eigenvalue weighted by Crippen LogP contribution is 2.34. The second-order valence-electron chi connectivity index (χ2n) is 6.30. The Morgan fingerprint density at radius 1 is 1.30 bits per heavy atom. The number of fused-ring (bicyclic) bond motifs is 3. The Balaban J connectivity index is 1.49. The van der Waals surface area contributed by atoms with Gasteiger partial charge in [-0.25, -0.2) is 4.98 Å². The van der Waals surface area contributed by atoms with Gasteiger partial charge in [-0.05, 0) is 49.6 Å². The molecule has 1 aliphatic rings. The number of aryl methyl sites for hydroxylation is 2. The summed E-state index contributed by atoms with van der Waals surface area (Å²) >= 11 is 4.47. The van der Waals surface area contributed by atoms with Crippen molar-refractivity contribution in [3.63, 3.8) is 0 Å². The van der Waals surface area contributed by atoms with E-state index in [4.69, 9.17) is 0 Å². The third kappa shape index (κ3) is 3.93. The highest BCUT2D eigenvalue weighted by molar-refractivity contribution is 7.99. The van der Waals surface area contributed by atoms with Gasteiger partial charge in [-0.1, -0.05) is 23.9 Å². The molecule has 0 fully saturated rings. The Morgan fingerprint density at radius 3 is 2.96 bits per heavy atom. The summed E-state index contributed by atoms with van der Waals surface area (Å²) in [4.78, 5) is 35.4. The van der Waals surface area contributed by atoms with E-state index in [1.54, 1.807) is 23.1 Å². The standard InChI is InChI=1S/C19H19N3O2S3/c1-25-14-9-5-3-7-12(14)20-15(23)10-26-19-21-17(24)16-11-6-2-4-8-13(11)27-18(16)22-19/h3,5,7,9H,2,4,6,8,10H2,1H3,(H,20,23)(H,21,22,24). The fraction of sp³-hybridized carbons (Fsp3) is 0.316. The number of amides is 1. The van der Waals surface area contributed by atoms with E-state index in [0.29, 0.717) is 5.16 Å². The summed E-state index contributed by atoms with van der Waals surface area (Å²) in [6, 6.07) is 7.70. The fourth-order valence-electron chi connectivity index (χ4n) is 3.28. The van der Waals surface area contributed by atoms with Crippen molar-refractivity contribution < 1.29 is 4.79 Å². The summed E-state index contributed by atoms with van der Waals surface area (Å²) < 4.78 is 0. The average Bonchev–Trinajstić information content (AvgIpc) is 3.05. The minimum Gasteiger partial charge on any atom is -0.324 e. The predicted molar refractivity (Wildman–Crippen MR) is 114 cm³/mol. The zero-order valence-corrected chi connectivity index (χ0v) is 17.3. The molecule has 5 nitrogen and oxygen atoms in total. The molecule has 0 atom stereocenters. The molecule has 1 aliphatic carbocycles. The minimum atomic E-state index is -0.116. The molecule has 0 spiro atoms. The van der Waals surface area contributed by atoms with Crippen LogP contribution in [0, 0.1) is 0 Å². The normalized spacial score (nSPS) is 13.5. The molecule has 0 saturated carbocycles. The first-order valence-corrected chi connectivity index (χ1v) is 11.8. The molecule has 0 radical (unpaired) electrons. The first kappa shape index (κ1) is 18.6. The lowest BCUT2D eigenvalue weighted by Crippen LogP contribution is -2.16. The molecule has 0 bridgehead atoms. The second kappa shape index (κ2) is 8.08. The van der Waals surface area contributed by atoms with Crippen LogP contribution in [0.3, 0.4) is 0 Å². The number of aromatic nitrogens is 2. The molecule has 3 aromatic rings. The molecule has 27 heavy (non-hydrogen) atoms. The highest BCUT2D eigenvalue weighted by atomic mass is 32.2. The molecule has 0 aliphatic heterocycles. The summed E-state index contributed by atoms with van der Waals surface area (Å²) in [6.07, 6.45) is 6.28. The van der Waals surface area contributed by atoms with Crippen molar-refractivity contribution in [2.45, 2.75) is 35.7 Å². The van der Waals surface area contributed by atoms with Gasteiger partial charge in [-0.2, -0.15) is 0 Å². The number of carbonyl (C=O) groups excluding carboxylic acids is 1. The maximum Gasteiger partial charge on any atom is 0.260 e. The van der Waals surface area contributed by atoms with E-state index >= 15 is 0 Å². The van der Waals surface area contributed by atoms with Crippen LogP contribution >= 0.6 is 34.9 Å². The molecular weight excluding hydrogens is 398 g/mol. The van der Waals surface area contributed by atoms with Crippen molar-refractivity contribution in [1.82, 2.24) is 9.97 Å². The van der Waals surface area contributed by atoms with Crippen molar-refractivity contribution >= 4 is 56.7 Å². The predicted octanol–water partition coefficient (Wildman–Crippen LogP) is 4.32. The highest BCUT2D eigenvalue weighted by Gasteiger charge is 2.20. The van der Waals surface area contributed by atoms with Crippen LogP contribution in [0.15, 0.2) is 39.1 Å². The zero-order valence-electron chi connectivity index (χ0n) is 14.8. The molecule has 2 aromatic heterocycles. The quantitative estimate of drug-likeness (QED) is 0.478. The molecular formula is C19H19N3O2S3. The van der Waals surface area contributed by atoms with Crippen LogP contribution < -0.4 is 10.9 Å². The number of carbonyl (C=O) groups is 1. The number of aromatic amines is 1. The number of nitrogens with zero attached hydrogens (tertiary/aromatic N) is 1. The van der Waals surface area contributed by atoms with Gasteiger partial charge >= 0.3 is 0 Å². The molecule has 140 valence electrons. The molecule has 2 heterocycles. The SMILES string of the molecule is CSc1ccccc1NC(=O)CSc1nc2sc3c(c2c(=O)[nH]1)CCCC3. The maximum atomic E-state index is 12.5. The van der Waals surface area contributed by atoms with Crippen LogP contribution in [-0.2, 0) is 17.6 Å². The number of H-pyrrole nitrogens is 1. The molecule has 1 aromatic carbocycles. The van der Waals surface area contributed by atoms with E-state index in [0.717, 1.165) is 40.1 Å². The number of hydrogen-bond donors (Lipinski definition) is 2. The van der Waals surface area contributed by atoms with Crippen molar-refractivity contribution in [3.05, 3.63) is 45.1 Å². The summed E-state index contributed by atoms with van der Waals surface area (Å²) in [5.74, 6) is 0.0807. The van der Waals surface area contributed by atoms with Crippen LogP contribution in [0.1, 0.15) is 23.3 Å². The average molecular weight is 418 g/mol.